The van der Waals surface area contributed by atoms with E-state index in [0.717, 1.165) is 30.8 Å². The first kappa shape index (κ1) is 21.1. The molecule has 1 saturated heterocycles. The van der Waals surface area contributed by atoms with Crippen LogP contribution in [-0.4, -0.2) is 55.9 Å². The Labute approximate surface area is 193 Å². The van der Waals surface area contributed by atoms with Crippen LogP contribution in [0.1, 0.15) is 31.3 Å². The van der Waals surface area contributed by atoms with Gasteiger partial charge >= 0.3 is 6.18 Å². The zero-order valence-corrected chi connectivity index (χ0v) is 18.3. The van der Waals surface area contributed by atoms with Gasteiger partial charge in [0.2, 0.25) is 0 Å². The maximum Gasteiger partial charge on any atom is 0.434 e. The molecule has 2 aliphatic carbocycles. The van der Waals surface area contributed by atoms with E-state index in [4.69, 9.17) is 0 Å². The molecular formula is C23H22F3N7O. The van der Waals surface area contributed by atoms with Crippen molar-refractivity contribution in [3.63, 3.8) is 0 Å². The molecule has 2 aromatic rings. The summed E-state index contributed by atoms with van der Waals surface area (Å²) >= 11 is 0. The van der Waals surface area contributed by atoms with E-state index in [1.807, 2.05) is 17.9 Å². The van der Waals surface area contributed by atoms with E-state index in [-0.39, 0.29) is 29.2 Å². The fourth-order valence-corrected chi connectivity index (χ4v) is 5.74. The van der Waals surface area contributed by atoms with Crippen LogP contribution < -0.4 is 10.6 Å². The number of hydrogen-bond donors (Lipinski definition) is 2. The van der Waals surface area contributed by atoms with Crippen molar-refractivity contribution in [2.24, 2.45) is 11.3 Å². The molecule has 6 rings (SSSR count). The maximum atomic E-state index is 13.8. The number of nitrogens with one attached hydrogen (secondary N) is 2. The van der Waals surface area contributed by atoms with E-state index in [1.54, 1.807) is 18.5 Å². The summed E-state index contributed by atoms with van der Waals surface area (Å²) in [6.07, 6.45) is 4.40. The molecule has 0 radical (unpaired) electrons. The van der Waals surface area contributed by atoms with Gasteiger partial charge in [-0.15, -0.1) is 0 Å². The van der Waals surface area contributed by atoms with Crippen molar-refractivity contribution in [1.82, 2.24) is 30.2 Å². The van der Waals surface area contributed by atoms with Gasteiger partial charge in [-0.2, -0.15) is 13.2 Å². The molecule has 2 N–H and O–H groups in total. The lowest BCUT2D eigenvalue weighted by molar-refractivity contribution is -0.141. The molecule has 4 atom stereocenters. The number of rotatable bonds is 4. The fourth-order valence-electron chi connectivity index (χ4n) is 5.74. The fraction of sp³-hybridized carbons (Fsp3) is 0.435. The van der Waals surface area contributed by atoms with Crippen molar-refractivity contribution >= 4 is 17.4 Å². The lowest BCUT2D eigenvalue weighted by Crippen LogP contribution is -2.60. The average Bonchev–Trinajstić information content (AvgIpc) is 3.47. The van der Waals surface area contributed by atoms with E-state index >= 15 is 0 Å². The molecule has 2 aromatic heterocycles. The van der Waals surface area contributed by atoms with Crippen LogP contribution in [0.15, 0.2) is 48.1 Å². The molecule has 0 bridgehead atoms. The van der Waals surface area contributed by atoms with Gasteiger partial charge < -0.3 is 15.5 Å². The molecule has 1 spiro atoms. The van der Waals surface area contributed by atoms with Gasteiger partial charge in [0.1, 0.15) is 5.82 Å². The Morgan fingerprint density at radius 2 is 1.97 bits per heavy atom. The third-order valence-corrected chi connectivity index (χ3v) is 7.36. The van der Waals surface area contributed by atoms with Gasteiger partial charge in [-0.05, 0) is 43.2 Å². The Balaban J connectivity index is 1.26. The van der Waals surface area contributed by atoms with Crippen LogP contribution in [0.2, 0.25) is 0 Å². The van der Waals surface area contributed by atoms with Gasteiger partial charge in [0.05, 0.1) is 29.7 Å². The van der Waals surface area contributed by atoms with Crippen molar-refractivity contribution in [2.75, 3.05) is 18.4 Å². The number of amides is 1. The quantitative estimate of drug-likeness (QED) is 0.711. The third kappa shape index (κ3) is 3.24. The molecule has 2 aliphatic heterocycles. The predicted molar refractivity (Wildman–Crippen MR) is 116 cm³/mol. The highest BCUT2D eigenvalue weighted by Crippen LogP contribution is 2.71. The van der Waals surface area contributed by atoms with Gasteiger partial charge in [0.25, 0.3) is 5.91 Å². The largest absolute Gasteiger partial charge is 0.434 e. The Bertz CT molecular complexity index is 1210. The minimum atomic E-state index is -4.53. The van der Waals surface area contributed by atoms with Gasteiger partial charge in [-0.25, -0.2) is 19.9 Å². The van der Waals surface area contributed by atoms with Crippen molar-refractivity contribution < 1.29 is 18.0 Å². The molecule has 4 unspecified atom stereocenters. The lowest BCUT2D eigenvalue weighted by atomic mass is 9.71. The van der Waals surface area contributed by atoms with E-state index in [9.17, 15) is 18.0 Å². The van der Waals surface area contributed by atoms with E-state index < -0.39 is 11.9 Å². The minimum absolute atomic E-state index is 0.0461. The predicted octanol–water partition coefficient (Wildman–Crippen LogP) is 2.65. The molecule has 8 nitrogen and oxygen atoms in total. The Kier molecular flexibility index (Phi) is 4.49. The topological polar surface area (TPSA) is 95.9 Å². The summed E-state index contributed by atoms with van der Waals surface area (Å²) in [4.78, 5) is 31.7. The van der Waals surface area contributed by atoms with Gasteiger partial charge in [-0.1, -0.05) is 5.57 Å². The number of nitrogens with zero attached hydrogens (tertiary/aromatic N) is 5. The van der Waals surface area contributed by atoms with Crippen molar-refractivity contribution in [3.05, 3.63) is 59.6 Å². The molecule has 11 heteroatoms. The first-order valence-corrected chi connectivity index (χ1v) is 11.2. The van der Waals surface area contributed by atoms with Gasteiger partial charge in [-0.3, -0.25) is 4.79 Å². The summed E-state index contributed by atoms with van der Waals surface area (Å²) in [5, 5.41) is 6.50. The summed E-state index contributed by atoms with van der Waals surface area (Å²) in [5.74, 6) is 1.11. The number of halogens is 3. The number of carbonyl (C=O) groups excluding carboxylic acids is 1. The van der Waals surface area contributed by atoms with Gasteiger partial charge in [0.15, 0.2) is 11.5 Å². The van der Waals surface area contributed by atoms with E-state index in [0.29, 0.717) is 36.1 Å². The molecule has 0 aromatic carbocycles. The zero-order chi connectivity index (χ0) is 23.7. The Hall–Kier alpha value is -3.50. The second-order valence-corrected chi connectivity index (χ2v) is 9.48. The average molecular weight is 469 g/mol. The number of hydrogen-bond acceptors (Lipinski definition) is 7. The summed E-state index contributed by atoms with van der Waals surface area (Å²) in [6, 6.07) is 1.58. The lowest BCUT2D eigenvalue weighted by Gasteiger charge is -2.48. The smallest absolute Gasteiger partial charge is 0.378 e. The van der Waals surface area contributed by atoms with E-state index in [1.165, 1.54) is 0 Å². The second-order valence-electron chi connectivity index (χ2n) is 9.48. The first-order valence-electron chi connectivity index (χ1n) is 11.2. The normalized spacial score (nSPS) is 29.5. The molecule has 2 saturated carbocycles. The number of alkyl halides is 3. The molecule has 3 fully saturated rings. The molecule has 34 heavy (non-hydrogen) atoms. The molecule has 4 heterocycles. The highest BCUT2D eigenvalue weighted by molar-refractivity contribution is 6.04. The van der Waals surface area contributed by atoms with Crippen LogP contribution in [0, 0.1) is 11.3 Å². The molecule has 1 amide bonds. The molecular weight excluding hydrogens is 447 g/mol. The van der Waals surface area contributed by atoms with Crippen LogP contribution in [0.25, 0.3) is 5.70 Å². The van der Waals surface area contributed by atoms with Crippen molar-refractivity contribution in [1.29, 1.82) is 0 Å². The number of aromatic nitrogens is 4. The third-order valence-electron chi connectivity index (χ3n) is 7.36. The molecule has 176 valence electrons. The Morgan fingerprint density at radius 1 is 1.18 bits per heavy atom. The number of piperidine rings is 1. The highest BCUT2D eigenvalue weighted by Gasteiger charge is 2.75. The van der Waals surface area contributed by atoms with Crippen LogP contribution >= 0.6 is 0 Å². The summed E-state index contributed by atoms with van der Waals surface area (Å²) in [6.45, 7) is 3.24. The maximum absolute atomic E-state index is 13.8. The zero-order valence-electron chi connectivity index (χ0n) is 18.3. The van der Waals surface area contributed by atoms with E-state index in [2.05, 4.69) is 30.6 Å². The van der Waals surface area contributed by atoms with Crippen LogP contribution in [0.5, 0.6) is 0 Å². The van der Waals surface area contributed by atoms with Crippen LogP contribution in [0.3, 0.4) is 0 Å². The second kappa shape index (κ2) is 7.25. The summed E-state index contributed by atoms with van der Waals surface area (Å²) < 4.78 is 38.4. The number of likely N-dealkylation sites (tertiary alicyclic amines) is 1. The number of carbonyl (C=O) groups is 1. The van der Waals surface area contributed by atoms with Crippen molar-refractivity contribution in [3.8, 4) is 0 Å². The van der Waals surface area contributed by atoms with Crippen LogP contribution in [0.4, 0.5) is 19.0 Å². The Morgan fingerprint density at radius 3 is 2.68 bits per heavy atom. The van der Waals surface area contributed by atoms with Gasteiger partial charge in [0, 0.05) is 31.5 Å². The standard InChI is InChI=1S/C23H22F3N7O/c1-12-5-14(18(31-8-12)20-27-3-2-4-28-20)21(34)33-11-13-6-22(13)7-15(19(22)33)32-17-10-29-16(9-30-17)23(24,25)26/h2-5,9-10,13,15,19,31H,6-8,11H2,1H3,(H,30,32). The van der Waals surface area contributed by atoms with Crippen LogP contribution in [-0.2, 0) is 11.0 Å². The summed E-state index contributed by atoms with van der Waals surface area (Å²) in [7, 11) is 0. The SMILES string of the molecule is CC1=CC(C(=O)N2CC3CC34CC(Nc3cnc(C(F)(F)F)cn3)C24)=C(c2ncccn2)NC1. The molecule has 4 aliphatic rings. The highest BCUT2D eigenvalue weighted by atomic mass is 19.4. The summed E-state index contributed by atoms with van der Waals surface area (Å²) in [5.41, 5.74) is 1.25. The van der Waals surface area contributed by atoms with Crippen molar-refractivity contribution in [2.45, 2.75) is 38.0 Å². The monoisotopic (exact) mass is 469 g/mol. The number of anilines is 1. The number of dihydropyridines is 1. The first-order chi connectivity index (χ1) is 16.3. The minimum Gasteiger partial charge on any atom is -0.378 e.